The van der Waals surface area contributed by atoms with E-state index >= 15 is 0 Å². The third kappa shape index (κ3) is 1.36. The first-order valence-corrected chi connectivity index (χ1v) is 5.08. The molecule has 0 bridgehead atoms. The molecule has 2 rings (SSSR count). The lowest BCUT2D eigenvalue weighted by Crippen LogP contribution is -2.13. The van der Waals surface area contributed by atoms with Crippen LogP contribution >= 0.6 is 11.6 Å². The molecule has 0 aliphatic rings. The molecule has 0 spiro atoms. The van der Waals surface area contributed by atoms with Crippen molar-refractivity contribution >= 4 is 28.2 Å². The molecular formula is C11H13ClN2. The zero-order valence-corrected chi connectivity index (χ0v) is 9.12. The Balaban J connectivity index is 2.66. The van der Waals surface area contributed by atoms with Crippen LogP contribution < -0.4 is 4.90 Å². The van der Waals surface area contributed by atoms with Crippen LogP contribution in [0.25, 0.3) is 10.9 Å². The number of halogens is 1. The van der Waals surface area contributed by atoms with Gasteiger partial charge >= 0.3 is 0 Å². The van der Waals surface area contributed by atoms with E-state index in [2.05, 4.69) is 22.9 Å². The fourth-order valence-electron chi connectivity index (χ4n) is 1.69. The third-order valence-corrected chi connectivity index (χ3v) is 2.83. The number of alkyl halides is 1. The lowest BCUT2D eigenvalue weighted by molar-refractivity contribution is 0.959. The van der Waals surface area contributed by atoms with Gasteiger partial charge in [0.15, 0.2) is 0 Å². The van der Waals surface area contributed by atoms with Crippen molar-refractivity contribution in [3.8, 4) is 0 Å². The van der Waals surface area contributed by atoms with Crippen LogP contribution in [0.4, 0.5) is 5.69 Å². The van der Waals surface area contributed by atoms with E-state index in [1.54, 1.807) is 0 Å². The highest BCUT2D eigenvalue weighted by Gasteiger charge is 2.08. The molecule has 14 heavy (non-hydrogen) atoms. The van der Waals surface area contributed by atoms with E-state index in [1.807, 2.05) is 31.1 Å². The fraction of sp³-hybridized carbons (Fsp3) is 0.273. The molecule has 0 aliphatic heterocycles. The molecule has 3 heteroatoms. The maximum Gasteiger partial charge on any atom is 0.0926 e. The number of rotatable bonds is 2. The molecule has 0 amide bonds. The van der Waals surface area contributed by atoms with Gasteiger partial charge in [0.2, 0.25) is 0 Å². The van der Waals surface area contributed by atoms with Gasteiger partial charge in [-0.2, -0.15) is 0 Å². The van der Waals surface area contributed by atoms with Gasteiger partial charge in [0.1, 0.15) is 0 Å². The second-order valence-corrected chi connectivity index (χ2v) is 3.70. The molecule has 0 fully saturated rings. The lowest BCUT2D eigenvalue weighted by atomic mass is 10.2. The average Bonchev–Trinajstić information content (AvgIpc) is 2.56. The van der Waals surface area contributed by atoms with Crippen molar-refractivity contribution in [1.82, 2.24) is 4.57 Å². The quantitative estimate of drug-likeness (QED) is 0.544. The minimum atomic E-state index is 0.508. The average molecular weight is 209 g/mol. The van der Waals surface area contributed by atoms with E-state index in [4.69, 9.17) is 11.6 Å². The lowest BCUT2D eigenvalue weighted by Gasteiger charge is -2.13. The van der Waals surface area contributed by atoms with Crippen molar-refractivity contribution in [3.63, 3.8) is 0 Å². The number of hydrogen-bond donors (Lipinski definition) is 0. The highest BCUT2D eigenvalue weighted by atomic mass is 35.5. The van der Waals surface area contributed by atoms with Crippen LogP contribution in [0.3, 0.4) is 0 Å². The molecule has 1 aromatic carbocycles. The summed E-state index contributed by atoms with van der Waals surface area (Å²) in [6.45, 7) is 0. The molecule has 0 saturated heterocycles. The summed E-state index contributed by atoms with van der Waals surface area (Å²) in [5.41, 5.74) is 2.41. The van der Waals surface area contributed by atoms with Gasteiger partial charge in [0.25, 0.3) is 0 Å². The van der Waals surface area contributed by atoms with E-state index in [1.165, 1.54) is 16.6 Å². The molecule has 0 radical (unpaired) electrons. The summed E-state index contributed by atoms with van der Waals surface area (Å²) in [5.74, 6) is 0. The van der Waals surface area contributed by atoms with Crippen LogP contribution in [0.15, 0.2) is 30.5 Å². The number of aryl methyl sites for hydroxylation is 1. The van der Waals surface area contributed by atoms with E-state index < -0.39 is 0 Å². The maximum atomic E-state index is 5.81. The van der Waals surface area contributed by atoms with E-state index in [0.29, 0.717) is 6.00 Å². The van der Waals surface area contributed by atoms with Crippen molar-refractivity contribution in [2.45, 2.75) is 0 Å². The van der Waals surface area contributed by atoms with Gasteiger partial charge in [0.05, 0.1) is 11.7 Å². The Morgan fingerprint density at radius 3 is 2.79 bits per heavy atom. The summed E-state index contributed by atoms with van der Waals surface area (Å²) in [4.78, 5) is 2.03. The second kappa shape index (κ2) is 3.54. The molecule has 1 aromatic heterocycles. The van der Waals surface area contributed by atoms with Crippen molar-refractivity contribution in [2.24, 2.45) is 7.05 Å². The summed E-state index contributed by atoms with van der Waals surface area (Å²) >= 11 is 5.81. The Morgan fingerprint density at radius 2 is 2.07 bits per heavy atom. The number of anilines is 1. The van der Waals surface area contributed by atoms with Crippen LogP contribution in [-0.4, -0.2) is 17.6 Å². The molecule has 0 aliphatic carbocycles. The van der Waals surface area contributed by atoms with Crippen LogP contribution in [0, 0.1) is 0 Å². The molecule has 0 unspecified atom stereocenters. The summed E-state index contributed by atoms with van der Waals surface area (Å²) in [6.07, 6.45) is 2.10. The summed E-state index contributed by atoms with van der Waals surface area (Å²) < 4.78 is 2.12. The minimum Gasteiger partial charge on any atom is -0.359 e. The predicted octanol–water partition coefficient (Wildman–Crippen LogP) is 2.81. The first-order chi connectivity index (χ1) is 6.74. The van der Waals surface area contributed by atoms with Gasteiger partial charge in [-0.25, -0.2) is 0 Å². The molecule has 1 heterocycles. The summed E-state index contributed by atoms with van der Waals surface area (Å²) in [7, 11) is 4.04. The van der Waals surface area contributed by atoms with Crippen molar-refractivity contribution in [2.75, 3.05) is 18.0 Å². The van der Waals surface area contributed by atoms with Crippen LogP contribution in [0.2, 0.25) is 0 Å². The maximum absolute atomic E-state index is 5.81. The molecule has 2 aromatic rings. The summed E-state index contributed by atoms with van der Waals surface area (Å²) in [5, 5.41) is 1.25. The highest BCUT2D eigenvalue weighted by molar-refractivity contribution is 6.19. The normalized spacial score (nSPS) is 10.8. The van der Waals surface area contributed by atoms with Crippen molar-refractivity contribution in [1.29, 1.82) is 0 Å². The van der Waals surface area contributed by atoms with Crippen molar-refractivity contribution < 1.29 is 0 Å². The largest absolute Gasteiger partial charge is 0.359 e. The van der Waals surface area contributed by atoms with Gasteiger partial charge in [-0.1, -0.05) is 18.2 Å². The fourth-order valence-corrected chi connectivity index (χ4v) is 1.82. The second-order valence-electron chi connectivity index (χ2n) is 3.46. The Morgan fingerprint density at radius 1 is 1.36 bits per heavy atom. The van der Waals surface area contributed by atoms with E-state index in [9.17, 15) is 0 Å². The highest BCUT2D eigenvalue weighted by Crippen LogP contribution is 2.27. The molecule has 0 N–H and O–H groups in total. The topological polar surface area (TPSA) is 8.17 Å². The predicted molar refractivity (Wildman–Crippen MR) is 62.0 cm³/mol. The molecule has 0 saturated carbocycles. The van der Waals surface area contributed by atoms with Crippen LogP contribution in [-0.2, 0) is 7.05 Å². The third-order valence-electron chi connectivity index (χ3n) is 2.47. The number of hydrogen-bond acceptors (Lipinski definition) is 1. The minimum absolute atomic E-state index is 0.508. The van der Waals surface area contributed by atoms with Gasteiger partial charge in [-0.05, 0) is 6.07 Å². The van der Waals surface area contributed by atoms with Crippen LogP contribution in [0.1, 0.15) is 0 Å². The Hall–Kier alpha value is -1.15. The van der Waals surface area contributed by atoms with E-state index in [0.717, 1.165) is 0 Å². The smallest absolute Gasteiger partial charge is 0.0926 e. The molecule has 74 valence electrons. The monoisotopic (exact) mass is 208 g/mol. The van der Waals surface area contributed by atoms with Crippen molar-refractivity contribution in [3.05, 3.63) is 30.5 Å². The first kappa shape index (κ1) is 9.41. The molecular weight excluding hydrogens is 196 g/mol. The zero-order chi connectivity index (χ0) is 10.1. The molecule has 2 nitrogen and oxygen atoms in total. The standard InChI is InChI=1S/C11H13ClN2/c1-13-7-11(14(2)8-12)9-5-3-4-6-10(9)13/h3-7H,8H2,1-2H3. The molecule has 0 atom stereocenters. The zero-order valence-electron chi connectivity index (χ0n) is 8.37. The SMILES string of the molecule is CN(CCl)c1cn(C)c2ccccc12. The number of para-hydroxylation sites is 1. The summed E-state index contributed by atoms with van der Waals surface area (Å²) in [6, 6.07) is 8.84. The first-order valence-electron chi connectivity index (χ1n) is 4.55. The van der Waals surface area contributed by atoms with Gasteiger partial charge in [-0.3, -0.25) is 0 Å². The van der Waals surface area contributed by atoms with Gasteiger partial charge < -0.3 is 9.47 Å². The van der Waals surface area contributed by atoms with E-state index in [-0.39, 0.29) is 0 Å². The number of nitrogens with zero attached hydrogens (tertiary/aromatic N) is 2. The Labute approximate surface area is 88.7 Å². The van der Waals surface area contributed by atoms with Crippen LogP contribution in [0.5, 0.6) is 0 Å². The number of fused-ring (bicyclic) bond motifs is 1. The van der Waals surface area contributed by atoms with Gasteiger partial charge in [0, 0.05) is 31.2 Å². The van der Waals surface area contributed by atoms with Gasteiger partial charge in [-0.15, -0.1) is 11.6 Å². The number of aromatic nitrogens is 1. The Kier molecular flexibility index (Phi) is 2.38. The Bertz CT molecular complexity index is 447. The number of benzene rings is 1.